The van der Waals surface area contributed by atoms with Crippen LogP contribution in [0.15, 0.2) is 35.5 Å². The minimum Gasteiger partial charge on any atom is -0.243 e. The molecule has 0 amide bonds. The van der Waals surface area contributed by atoms with Gasteiger partial charge < -0.3 is 0 Å². The highest BCUT2D eigenvalue weighted by Gasteiger charge is 2.02. The molecular formula is C9H6ClN2. The first-order valence-corrected chi connectivity index (χ1v) is 3.93. The van der Waals surface area contributed by atoms with Crippen LogP contribution in [0.1, 0.15) is 5.56 Å². The number of rotatable bonds is 1. The normalized spacial score (nSPS) is 14.2. The van der Waals surface area contributed by atoms with Gasteiger partial charge in [-0.2, -0.15) is 0 Å². The second kappa shape index (κ2) is 2.99. The maximum absolute atomic E-state index is 5.74. The summed E-state index contributed by atoms with van der Waals surface area (Å²) in [5.41, 5.74) is 1.92. The highest BCUT2D eigenvalue weighted by Crippen LogP contribution is 2.19. The Kier molecular flexibility index (Phi) is 1.84. The van der Waals surface area contributed by atoms with Crippen molar-refractivity contribution in [3.63, 3.8) is 0 Å². The highest BCUT2D eigenvalue weighted by molar-refractivity contribution is 6.30. The Morgan fingerprint density at radius 1 is 1.08 bits per heavy atom. The first kappa shape index (κ1) is 7.37. The number of benzene rings is 1. The molecule has 1 aliphatic heterocycles. The zero-order chi connectivity index (χ0) is 8.39. The molecule has 0 fully saturated rings. The molecule has 0 atom stereocenters. The summed E-state index contributed by atoms with van der Waals surface area (Å²) in [6.45, 7) is 0. The third-order valence-corrected chi connectivity index (χ3v) is 1.85. The van der Waals surface area contributed by atoms with Crippen LogP contribution in [0.5, 0.6) is 0 Å². The van der Waals surface area contributed by atoms with Gasteiger partial charge in [0.2, 0.25) is 0 Å². The first-order chi connectivity index (χ1) is 5.86. The van der Waals surface area contributed by atoms with Gasteiger partial charge in [0.25, 0.3) is 0 Å². The van der Waals surface area contributed by atoms with Gasteiger partial charge in [-0.05, 0) is 12.1 Å². The summed E-state index contributed by atoms with van der Waals surface area (Å²) in [6, 6.07) is 7.52. The summed E-state index contributed by atoms with van der Waals surface area (Å²) in [5, 5.41) is 4.61. The molecule has 1 heterocycles. The van der Waals surface area contributed by atoms with Crippen molar-refractivity contribution in [2.24, 2.45) is 4.99 Å². The minimum absolute atomic E-state index is 0.735. The molecule has 0 aromatic heterocycles. The molecule has 2 rings (SSSR count). The Balaban J connectivity index is 2.35. The van der Waals surface area contributed by atoms with E-state index in [1.807, 2.05) is 24.3 Å². The number of nitrogens with zero attached hydrogens (tertiary/aromatic N) is 2. The summed E-state index contributed by atoms with van der Waals surface area (Å²) in [6.07, 6.45) is 3.26. The number of aliphatic imine (C=N–C) groups is 1. The topological polar surface area (TPSA) is 26.5 Å². The molecule has 0 aliphatic carbocycles. The lowest BCUT2D eigenvalue weighted by atomic mass is 10.2. The highest BCUT2D eigenvalue weighted by atomic mass is 35.5. The average Bonchev–Trinajstić information content (AvgIpc) is 2.58. The molecule has 1 radical (unpaired) electrons. The van der Waals surface area contributed by atoms with E-state index in [4.69, 9.17) is 11.6 Å². The van der Waals surface area contributed by atoms with E-state index in [0.29, 0.717) is 0 Å². The van der Waals surface area contributed by atoms with Crippen LogP contribution >= 0.6 is 11.6 Å². The predicted molar refractivity (Wildman–Crippen MR) is 50.1 cm³/mol. The summed E-state index contributed by atoms with van der Waals surface area (Å²) in [5.74, 6) is 0. The monoisotopic (exact) mass is 177 g/mol. The largest absolute Gasteiger partial charge is 0.243 e. The average molecular weight is 178 g/mol. The number of hydrogen-bond donors (Lipinski definition) is 0. The molecule has 1 aliphatic rings. The SMILES string of the molecule is Clc1ccc(C2=C[N]C=N2)cc1. The van der Waals surface area contributed by atoms with Crippen LogP contribution in [0.2, 0.25) is 5.02 Å². The van der Waals surface area contributed by atoms with Gasteiger partial charge in [0.05, 0.1) is 11.9 Å². The van der Waals surface area contributed by atoms with Crippen molar-refractivity contribution in [3.8, 4) is 0 Å². The van der Waals surface area contributed by atoms with E-state index in [-0.39, 0.29) is 0 Å². The van der Waals surface area contributed by atoms with Gasteiger partial charge in [0.15, 0.2) is 0 Å². The van der Waals surface area contributed by atoms with Crippen molar-refractivity contribution in [3.05, 3.63) is 41.1 Å². The van der Waals surface area contributed by atoms with Crippen LogP contribution in [0.25, 0.3) is 5.70 Å². The molecule has 59 valence electrons. The van der Waals surface area contributed by atoms with Gasteiger partial charge in [-0.15, -0.1) is 0 Å². The predicted octanol–water partition coefficient (Wildman–Crippen LogP) is 2.28. The zero-order valence-electron chi connectivity index (χ0n) is 6.24. The minimum atomic E-state index is 0.735. The smallest absolute Gasteiger partial charge is 0.116 e. The number of halogens is 1. The van der Waals surface area contributed by atoms with Crippen LogP contribution < -0.4 is 5.32 Å². The van der Waals surface area contributed by atoms with Crippen LogP contribution in [-0.2, 0) is 0 Å². The first-order valence-electron chi connectivity index (χ1n) is 3.55. The van der Waals surface area contributed by atoms with E-state index in [0.717, 1.165) is 16.3 Å². The van der Waals surface area contributed by atoms with E-state index < -0.39 is 0 Å². The van der Waals surface area contributed by atoms with Crippen LogP contribution in [0.3, 0.4) is 0 Å². The van der Waals surface area contributed by atoms with Gasteiger partial charge in [-0.25, -0.2) is 10.3 Å². The van der Waals surface area contributed by atoms with Gasteiger partial charge in [-0.1, -0.05) is 23.7 Å². The molecule has 0 spiro atoms. The van der Waals surface area contributed by atoms with Crippen molar-refractivity contribution in [2.75, 3.05) is 0 Å². The van der Waals surface area contributed by atoms with Gasteiger partial charge in [-0.3, -0.25) is 0 Å². The summed E-state index contributed by atoms with van der Waals surface area (Å²) >= 11 is 5.74. The van der Waals surface area contributed by atoms with Gasteiger partial charge in [0.1, 0.15) is 6.34 Å². The lowest BCUT2D eigenvalue weighted by Crippen LogP contribution is -1.81. The molecule has 1 aromatic carbocycles. The maximum atomic E-state index is 5.74. The van der Waals surface area contributed by atoms with Crippen molar-refractivity contribution in [1.82, 2.24) is 5.32 Å². The van der Waals surface area contributed by atoms with E-state index in [1.54, 1.807) is 6.20 Å². The van der Waals surface area contributed by atoms with Crippen molar-refractivity contribution in [1.29, 1.82) is 0 Å². The van der Waals surface area contributed by atoms with Crippen molar-refractivity contribution < 1.29 is 0 Å². The molecule has 0 saturated heterocycles. The molecule has 0 unspecified atom stereocenters. The van der Waals surface area contributed by atoms with E-state index in [9.17, 15) is 0 Å². The fourth-order valence-electron chi connectivity index (χ4n) is 1.00. The fraction of sp³-hybridized carbons (Fsp3) is 0. The van der Waals surface area contributed by atoms with Crippen LogP contribution in [-0.4, -0.2) is 6.34 Å². The Bertz CT molecular complexity index is 338. The summed E-state index contributed by atoms with van der Waals surface area (Å²) in [4.78, 5) is 4.06. The van der Waals surface area contributed by atoms with E-state index in [2.05, 4.69) is 10.3 Å². The lowest BCUT2D eigenvalue weighted by Gasteiger charge is -1.96. The van der Waals surface area contributed by atoms with Gasteiger partial charge in [0, 0.05) is 10.6 Å². The Morgan fingerprint density at radius 3 is 2.42 bits per heavy atom. The van der Waals surface area contributed by atoms with Gasteiger partial charge >= 0.3 is 0 Å². The second-order valence-electron chi connectivity index (χ2n) is 2.41. The Hall–Kier alpha value is -1.28. The van der Waals surface area contributed by atoms with E-state index in [1.165, 1.54) is 6.34 Å². The summed E-state index contributed by atoms with van der Waals surface area (Å²) < 4.78 is 0. The standard InChI is InChI=1S/C9H6ClN2/c10-8-3-1-7(2-4-8)9-5-11-6-12-9/h1-6H. The summed E-state index contributed by atoms with van der Waals surface area (Å²) in [7, 11) is 0. The third-order valence-electron chi connectivity index (χ3n) is 1.60. The van der Waals surface area contributed by atoms with E-state index >= 15 is 0 Å². The molecule has 3 heteroatoms. The Labute approximate surface area is 75.6 Å². The van der Waals surface area contributed by atoms with Crippen LogP contribution in [0.4, 0.5) is 0 Å². The van der Waals surface area contributed by atoms with Crippen molar-refractivity contribution >= 4 is 23.6 Å². The molecule has 0 N–H and O–H groups in total. The third kappa shape index (κ3) is 1.34. The van der Waals surface area contributed by atoms with Crippen LogP contribution in [0, 0.1) is 0 Å². The molecule has 2 nitrogen and oxygen atoms in total. The van der Waals surface area contributed by atoms with Crippen molar-refractivity contribution in [2.45, 2.75) is 0 Å². The quantitative estimate of drug-likeness (QED) is 0.629. The molecular weight excluding hydrogens is 172 g/mol. The molecule has 12 heavy (non-hydrogen) atoms. The molecule has 1 aromatic rings. The number of hydrogen-bond acceptors (Lipinski definition) is 1. The fourth-order valence-corrected chi connectivity index (χ4v) is 1.13. The lowest BCUT2D eigenvalue weighted by molar-refractivity contribution is 1.34. The zero-order valence-corrected chi connectivity index (χ0v) is 6.99. The second-order valence-corrected chi connectivity index (χ2v) is 2.85. The molecule has 0 saturated carbocycles. The maximum Gasteiger partial charge on any atom is 0.116 e. The Morgan fingerprint density at radius 2 is 1.83 bits per heavy atom. The molecule has 0 bridgehead atoms.